The number of hydrogen-bond acceptors (Lipinski definition) is 3. The molecule has 0 aromatic heterocycles. The summed E-state index contributed by atoms with van der Waals surface area (Å²) < 4.78 is 15.5. The number of halogens is 1. The number of carbonyl (C=O) groups is 1. The fraction of sp³-hybridized carbons (Fsp3) is 0.828. The highest BCUT2D eigenvalue weighted by Gasteiger charge is 2.61. The van der Waals surface area contributed by atoms with E-state index >= 15 is 4.39 Å². The van der Waals surface area contributed by atoms with E-state index in [0.29, 0.717) is 41.6 Å². The van der Waals surface area contributed by atoms with Crippen molar-refractivity contribution in [1.29, 1.82) is 0 Å². The summed E-state index contributed by atoms with van der Waals surface area (Å²) in [6.45, 7) is 13.0. The second-order valence-electron chi connectivity index (χ2n) is 12.6. The van der Waals surface area contributed by atoms with E-state index in [9.17, 15) is 15.0 Å². The molecule has 0 bridgehead atoms. The molecule has 0 aromatic rings. The van der Waals surface area contributed by atoms with Crippen LogP contribution >= 0.6 is 0 Å². The van der Waals surface area contributed by atoms with Crippen LogP contribution in [-0.2, 0) is 4.79 Å². The maximum absolute atomic E-state index is 15.5. The van der Waals surface area contributed by atoms with Crippen molar-refractivity contribution in [1.82, 2.24) is 0 Å². The lowest BCUT2D eigenvalue weighted by molar-refractivity contribution is -0.112. The maximum Gasteiger partial charge on any atom is 0.178 e. The van der Waals surface area contributed by atoms with Crippen LogP contribution in [0.3, 0.4) is 0 Å². The van der Waals surface area contributed by atoms with E-state index in [-0.39, 0.29) is 28.4 Å². The van der Waals surface area contributed by atoms with Crippen LogP contribution in [0.1, 0.15) is 80.1 Å². The molecule has 3 nitrogen and oxygen atoms in total. The first kappa shape index (κ1) is 25.1. The fourth-order valence-corrected chi connectivity index (χ4v) is 9.01. The highest BCUT2D eigenvalue weighted by Crippen LogP contribution is 2.67. The molecule has 0 saturated heterocycles. The van der Waals surface area contributed by atoms with Gasteiger partial charge in [0.1, 0.15) is 6.17 Å². The third-order valence-corrected chi connectivity index (χ3v) is 10.9. The molecule has 0 amide bonds. The van der Waals surface area contributed by atoms with Crippen LogP contribution in [0.5, 0.6) is 0 Å². The number of aliphatic hydroxyl groups is 2. The predicted molar refractivity (Wildman–Crippen MR) is 130 cm³/mol. The molecule has 0 heterocycles. The van der Waals surface area contributed by atoms with Crippen LogP contribution in [-0.4, -0.2) is 34.4 Å². The molecule has 4 aliphatic carbocycles. The molecule has 3 saturated carbocycles. The van der Waals surface area contributed by atoms with Gasteiger partial charge >= 0.3 is 0 Å². The molecular formula is C29H45FO3. The maximum atomic E-state index is 15.5. The number of fused-ring (bicyclic) bond motifs is 5. The average molecular weight is 461 g/mol. The number of ketones is 1. The summed E-state index contributed by atoms with van der Waals surface area (Å²) in [5.41, 5.74) is 0.398. The van der Waals surface area contributed by atoms with Gasteiger partial charge < -0.3 is 10.2 Å². The van der Waals surface area contributed by atoms with Gasteiger partial charge in [0.05, 0.1) is 12.2 Å². The number of hydrogen-bond donors (Lipinski definition) is 2. The van der Waals surface area contributed by atoms with Gasteiger partial charge in [-0.05, 0) is 96.7 Å². The zero-order chi connectivity index (χ0) is 24.3. The largest absolute Gasteiger partial charge is 0.390 e. The topological polar surface area (TPSA) is 57.5 Å². The zero-order valence-corrected chi connectivity index (χ0v) is 21.4. The van der Waals surface area contributed by atoms with Crippen LogP contribution in [0.15, 0.2) is 23.8 Å². The van der Waals surface area contributed by atoms with E-state index < -0.39 is 18.4 Å². The van der Waals surface area contributed by atoms with E-state index in [1.807, 2.05) is 6.08 Å². The molecule has 4 aliphatic rings. The van der Waals surface area contributed by atoms with Gasteiger partial charge in [-0.15, -0.1) is 0 Å². The number of rotatable bonds is 6. The SMILES string of the molecule is CC[C@@H](C(C)C)[C@H](O)[C@@H](O)[C@@H](C)[C@H]1CC[C@H]2[C@@H]3C[C@@H](F)C4=CC(=O)C=C[C@]4(C)[C@H]3CC[C@]12C. The standard InChI is InChI=1S/C29H45FO3/c1-7-19(16(2)3)27(33)26(32)17(4)21-8-9-22-20-15-25(30)24-14-18(31)10-12-29(24,6)23(20)11-13-28(21,22)5/h10,12,14,16-17,19-23,25-27,32-33H,7-9,11,13,15H2,1-6H3/t17-,19-,20-,21+,22-,23-,25+,26-,27-,28+,29+/m0/s1. The van der Waals surface area contributed by atoms with E-state index in [4.69, 9.17) is 0 Å². The summed E-state index contributed by atoms with van der Waals surface area (Å²) in [7, 11) is 0. The van der Waals surface area contributed by atoms with Crippen LogP contribution < -0.4 is 0 Å². The van der Waals surface area contributed by atoms with E-state index in [1.165, 1.54) is 0 Å². The van der Waals surface area contributed by atoms with Crippen molar-refractivity contribution in [2.45, 2.75) is 98.4 Å². The molecule has 0 radical (unpaired) electrons. The van der Waals surface area contributed by atoms with Gasteiger partial charge in [0.25, 0.3) is 0 Å². The van der Waals surface area contributed by atoms with Gasteiger partial charge in [-0.1, -0.05) is 54.0 Å². The normalized spacial score (nSPS) is 43.9. The van der Waals surface area contributed by atoms with Crippen molar-refractivity contribution >= 4 is 5.78 Å². The van der Waals surface area contributed by atoms with Gasteiger partial charge in [-0.3, -0.25) is 4.79 Å². The van der Waals surface area contributed by atoms with Crippen molar-refractivity contribution < 1.29 is 19.4 Å². The lowest BCUT2D eigenvalue weighted by Gasteiger charge is -2.58. The number of allylic oxidation sites excluding steroid dienone is 4. The molecule has 186 valence electrons. The first-order valence-corrected chi connectivity index (χ1v) is 13.4. The van der Waals surface area contributed by atoms with Crippen molar-refractivity contribution in [2.75, 3.05) is 0 Å². The smallest absolute Gasteiger partial charge is 0.178 e. The third kappa shape index (κ3) is 3.88. The number of carbonyl (C=O) groups excluding carboxylic acids is 1. The highest BCUT2D eigenvalue weighted by atomic mass is 19.1. The molecule has 11 atom stereocenters. The minimum absolute atomic E-state index is 0.0161. The van der Waals surface area contributed by atoms with Crippen molar-refractivity contribution in [3.8, 4) is 0 Å². The number of alkyl halides is 1. The summed E-state index contributed by atoms with van der Waals surface area (Å²) in [6, 6.07) is 0. The summed E-state index contributed by atoms with van der Waals surface area (Å²) in [5.74, 6) is 1.80. The summed E-state index contributed by atoms with van der Waals surface area (Å²) in [6.07, 6.45) is 8.30. The molecular weight excluding hydrogens is 415 g/mol. The van der Waals surface area contributed by atoms with Gasteiger partial charge in [0, 0.05) is 5.41 Å². The lowest BCUT2D eigenvalue weighted by Crippen LogP contribution is -2.53. The Hall–Kier alpha value is -1.00. The Bertz CT molecular complexity index is 818. The molecule has 0 spiro atoms. The van der Waals surface area contributed by atoms with Gasteiger partial charge in [0.15, 0.2) is 5.78 Å². The quantitative estimate of drug-likeness (QED) is 0.519. The Balaban J connectivity index is 1.57. The molecule has 0 unspecified atom stereocenters. The Labute approximate surface area is 199 Å². The Kier molecular flexibility index (Phi) is 6.77. The first-order chi connectivity index (χ1) is 15.5. The van der Waals surface area contributed by atoms with E-state index in [2.05, 4.69) is 41.5 Å². The van der Waals surface area contributed by atoms with E-state index in [1.54, 1.807) is 12.2 Å². The first-order valence-electron chi connectivity index (χ1n) is 13.4. The van der Waals surface area contributed by atoms with Gasteiger partial charge in [-0.25, -0.2) is 4.39 Å². The number of aliphatic hydroxyl groups excluding tert-OH is 2. The molecule has 4 rings (SSSR count). The second-order valence-corrected chi connectivity index (χ2v) is 12.6. The highest BCUT2D eigenvalue weighted by molar-refractivity contribution is 6.01. The average Bonchev–Trinajstić information content (AvgIpc) is 3.11. The van der Waals surface area contributed by atoms with Crippen LogP contribution in [0.2, 0.25) is 0 Å². The second kappa shape index (κ2) is 8.90. The molecule has 0 aromatic carbocycles. The van der Waals surface area contributed by atoms with Gasteiger partial charge in [-0.2, -0.15) is 0 Å². The summed E-state index contributed by atoms with van der Waals surface area (Å²) in [5, 5.41) is 22.3. The molecule has 33 heavy (non-hydrogen) atoms. The van der Waals surface area contributed by atoms with Gasteiger partial charge in [0.2, 0.25) is 0 Å². The molecule has 0 aliphatic heterocycles. The minimum atomic E-state index is -1.05. The zero-order valence-electron chi connectivity index (χ0n) is 21.4. The molecule has 2 N–H and O–H groups in total. The summed E-state index contributed by atoms with van der Waals surface area (Å²) >= 11 is 0. The van der Waals surface area contributed by atoms with Crippen molar-refractivity contribution in [3.63, 3.8) is 0 Å². The summed E-state index contributed by atoms with van der Waals surface area (Å²) in [4.78, 5) is 12.0. The van der Waals surface area contributed by atoms with Crippen LogP contribution in [0.4, 0.5) is 4.39 Å². The lowest BCUT2D eigenvalue weighted by atomic mass is 9.47. The predicted octanol–water partition coefficient (Wildman–Crippen LogP) is 5.90. The van der Waals surface area contributed by atoms with E-state index in [0.717, 1.165) is 32.1 Å². The minimum Gasteiger partial charge on any atom is -0.390 e. The molecule has 4 heteroatoms. The fourth-order valence-electron chi connectivity index (χ4n) is 9.01. The van der Waals surface area contributed by atoms with Crippen molar-refractivity contribution in [2.24, 2.45) is 52.3 Å². The van der Waals surface area contributed by atoms with Crippen LogP contribution in [0, 0.1) is 52.3 Å². The monoisotopic (exact) mass is 460 g/mol. The Morgan fingerprint density at radius 2 is 1.79 bits per heavy atom. The molecule has 3 fully saturated rings. The third-order valence-electron chi connectivity index (χ3n) is 10.9. The Morgan fingerprint density at radius 1 is 1.09 bits per heavy atom. The van der Waals surface area contributed by atoms with Crippen LogP contribution in [0.25, 0.3) is 0 Å². The Morgan fingerprint density at radius 3 is 2.42 bits per heavy atom. The van der Waals surface area contributed by atoms with Crippen molar-refractivity contribution in [3.05, 3.63) is 23.8 Å².